The molecule has 0 atom stereocenters. The molecule has 2 rings (SSSR count). The average Bonchev–Trinajstić information content (AvgIpc) is 2.57. The number of ether oxygens (including phenoxy) is 2. The summed E-state index contributed by atoms with van der Waals surface area (Å²) in [4.78, 5) is 8.22. The van der Waals surface area contributed by atoms with Crippen molar-refractivity contribution < 1.29 is 13.9 Å². The van der Waals surface area contributed by atoms with Crippen molar-refractivity contribution in [2.45, 2.75) is 6.92 Å². The highest BCUT2D eigenvalue weighted by Crippen LogP contribution is 2.12. The second-order valence-electron chi connectivity index (χ2n) is 5.11. The zero-order chi connectivity index (χ0) is 18.2. The van der Waals surface area contributed by atoms with Gasteiger partial charge in [-0.3, -0.25) is 0 Å². The van der Waals surface area contributed by atoms with Gasteiger partial charge in [-0.25, -0.2) is 14.4 Å². The van der Waals surface area contributed by atoms with E-state index in [4.69, 9.17) is 15.2 Å². The van der Waals surface area contributed by atoms with Gasteiger partial charge < -0.3 is 20.5 Å². The van der Waals surface area contributed by atoms with Gasteiger partial charge in [0.25, 0.3) is 0 Å². The number of rotatable bonds is 7. The van der Waals surface area contributed by atoms with Crippen molar-refractivity contribution in [2.24, 2.45) is 4.99 Å². The van der Waals surface area contributed by atoms with Gasteiger partial charge in [-0.2, -0.15) is 0 Å². The third-order valence-corrected chi connectivity index (χ3v) is 3.25. The van der Waals surface area contributed by atoms with Crippen LogP contribution in [0.4, 0.5) is 15.9 Å². The molecular formula is C18H21FN4O2. The second kappa shape index (κ2) is 8.79. The molecule has 3 N–H and O–H groups in total. The Morgan fingerprint density at radius 3 is 2.80 bits per heavy atom. The van der Waals surface area contributed by atoms with E-state index in [0.29, 0.717) is 41.5 Å². The normalized spacial score (nSPS) is 12.3. The molecule has 0 spiro atoms. The molecule has 0 unspecified atom stereocenters. The summed E-state index contributed by atoms with van der Waals surface area (Å²) in [6.45, 7) is 6.39. The van der Waals surface area contributed by atoms with Gasteiger partial charge in [0.15, 0.2) is 0 Å². The smallest absolute Gasteiger partial charge is 0.140 e. The van der Waals surface area contributed by atoms with Crippen molar-refractivity contribution in [3.63, 3.8) is 0 Å². The van der Waals surface area contributed by atoms with Crippen molar-refractivity contribution in [3.8, 4) is 5.75 Å². The van der Waals surface area contributed by atoms with Crippen molar-refractivity contribution in [1.82, 2.24) is 4.98 Å². The maximum absolute atomic E-state index is 14.6. The number of aromatic nitrogens is 1. The van der Waals surface area contributed by atoms with Crippen LogP contribution in [0, 0.1) is 5.82 Å². The van der Waals surface area contributed by atoms with E-state index in [2.05, 4.69) is 21.9 Å². The Morgan fingerprint density at radius 1 is 1.40 bits per heavy atom. The number of nitrogens with two attached hydrogens (primary N) is 1. The molecule has 0 amide bonds. The van der Waals surface area contributed by atoms with Crippen LogP contribution in [0.5, 0.6) is 5.75 Å². The molecule has 2 aromatic rings. The third kappa shape index (κ3) is 5.02. The molecule has 0 fully saturated rings. The Bertz CT molecular complexity index is 851. The molecule has 1 heterocycles. The van der Waals surface area contributed by atoms with Crippen molar-refractivity contribution in [1.29, 1.82) is 0 Å². The topological polar surface area (TPSA) is 81.8 Å². The zero-order valence-corrected chi connectivity index (χ0v) is 14.3. The Labute approximate surface area is 145 Å². The molecule has 0 bridgehead atoms. The Kier molecular flexibility index (Phi) is 6.47. The molecule has 0 saturated heterocycles. The highest BCUT2D eigenvalue weighted by atomic mass is 19.1. The number of benzene rings is 1. The van der Waals surface area contributed by atoms with Crippen molar-refractivity contribution in [2.75, 3.05) is 31.4 Å². The molecule has 7 heteroatoms. The van der Waals surface area contributed by atoms with E-state index in [9.17, 15) is 4.39 Å². The number of methoxy groups -OCH3 is 1. The lowest BCUT2D eigenvalue weighted by Gasteiger charge is -2.09. The number of nitrogens with zero attached hydrogens (tertiary/aromatic N) is 2. The lowest BCUT2D eigenvalue weighted by atomic mass is 10.2. The van der Waals surface area contributed by atoms with E-state index in [1.807, 2.05) is 0 Å². The van der Waals surface area contributed by atoms with Gasteiger partial charge in [-0.05, 0) is 30.3 Å². The molecule has 132 valence electrons. The van der Waals surface area contributed by atoms with Gasteiger partial charge in [0, 0.05) is 19.4 Å². The van der Waals surface area contributed by atoms with Gasteiger partial charge in [0.1, 0.15) is 29.8 Å². The van der Waals surface area contributed by atoms with E-state index in [1.54, 1.807) is 44.6 Å². The highest BCUT2D eigenvalue weighted by Gasteiger charge is 2.07. The van der Waals surface area contributed by atoms with Crippen LogP contribution in [0.25, 0.3) is 12.4 Å². The number of halogens is 1. The molecular weight excluding hydrogens is 323 g/mol. The second-order valence-corrected chi connectivity index (χ2v) is 5.11. The fraction of sp³-hybridized carbons (Fsp3) is 0.222. The minimum absolute atomic E-state index is 0.258. The Balaban J connectivity index is 2.44. The predicted octanol–water partition coefficient (Wildman–Crippen LogP) is 1.51. The van der Waals surface area contributed by atoms with E-state index < -0.39 is 5.82 Å². The van der Waals surface area contributed by atoms with Gasteiger partial charge in [0.2, 0.25) is 0 Å². The first-order valence-corrected chi connectivity index (χ1v) is 7.67. The van der Waals surface area contributed by atoms with Gasteiger partial charge in [0.05, 0.1) is 23.7 Å². The lowest BCUT2D eigenvalue weighted by molar-refractivity contribution is 0.146. The van der Waals surface area contributed by atoms with E-state index in [1.165, 1.54) is 6.07 Å². The number of anilines is 2. The monoisotopic (exact) mass is 344 g/mol. The van der Waals surface area contributed by atoms with Crippen LogP contribution in [-0.4, -0.2) is 31.5 Å². The van der Waals surface area contributed by atoms with Gasteiger partial charge in [-0.1, -0.05) is 6.58 Å². The molecule has 25 heavy (non-hydrogen) atoms. The van der Waals surface area contributed by atoms with E-state index in [0.717, 1.165) is 0 Å². The minimum Gasteiger partial charge on any atom is -0.491 e. The Hall–Kier alpha value is -2.93. The first kappa shape index (κ1) is 18.4. The predicted molar refractivity (Wildman–Crippen MR) is 98.4 cm³/mol. The summed E-state index contributed by atoms with van der Waals surface area (Å²) in [6, 6.07) is 6.33. The molecule has 6 nitrogen and oxygen atoms in total. The maximum Gasteiger partial charge on any atom is 0.140 e. The average molecular weight is 344 g/mol. The number of pyridine rings is 1. The van der Waals surface area contributed by atoms with E-state index in [-0.39, 0.29) is 5.22 Å². The van der Waals surface area contributed by atoms with Crippen molar-refractivity contribution >= 4 is 30.1 Å². The first-order chi connectivity index (χ1) is 12.0. The standard InChI is InChI=1S/C18H21FN4O2/c1-4-21-18(23-13-5-6-16(20)22-11-13)17-12(2)9-14(10-15(17)19)25-8-7-24-3/h4-6,9-11,23H,2,7-8H2,1,3H3,(H2,20,22)/b18-17-,21-4?. The number of hydrogen-bond donors (Lipinski definition) is 2. The lowest BCUT2D eigenvalue weighted by Crippen LogP contribution is -2.31. The molecule has 0 radical (unpaired) electrons. The van der Waals surface area contributed by atoms with Gasteiger partial charge >= 0.3 is 0 Å². The summed E-state index contributed by atoms with van der Waals surface area (Å²) in [5, 5.41) is 3.74. The minimum atomic E-state index is -0.489. The molecule has 0 aliphatic rings. The molecule has 1 aromatic heterocycles. The maximum atomic E-state index is 14.6. The van der Waals surface area contributed by atoms with Crippen LogP contribution in [0.15, 0.2) is 35.5 Å². The summed E-state index contributed by atoms with van der Waals surface area (Å²) in [5.41, 5.74) is 6.21. The highest BCUT2D eigenvalue weighted by molar-refractivity contribution is 5.71. The van der Waals surface area contributed by atoms with Crippen molar-refractivity contribution in [3.05, 3.63) is 46.7 Å². The number of aliphatic imine (C=N–C) groups is 1. The quantitative estimate of drug-likeness (QED) is 0.588. The summed E-state index contributed by atoms with van der Waals surface area (Å²) >= 11 is 0. The van der Waals surface area contributed by atoms with E-state index >= 15 is 0 Å². The number of hydrogen-bond acceptors (Lipinski definition) is 6. The zero-order valence-electron chi connectivity index (χ0n) is 14.3. The Morgan fingerprint density at radius 2 is 2.20 bits per heavy atom. The largest absolute Gasteiger partial charge is 0.491 e. The number of nitrogen functional groups attached to an aromatic ring is 1. The van der Waals surface area contributed by atoms with Crippen LogP contribution in [0.2, 0.25) is 0 Å². The summed E-state index contributed by atoms with van der Waals surface area (Å²) in [5.74, 6) is 0.612. The molecule has 1 aromatic carbocycles. The molecule has 0 aliphatic carbocycles. The fourth-order valence-corrected chi connectivity index (χ4v) is 2.13. The third-order valence-electron chi connectivity index (χ3n) is 3.25. The molecule has 0 aliphatic heterocycles. The fourth-order valence-electron chi connectivity index (χ4n) is 2.13. The SMILES string of the molecule is C=c1cc(OCCOC)cc(F)/c1=C(/N=CC)Nc1ccc(N)nc1. The van der Waals surface area contributed by atoms with Crippen LogP contribution in [0.3, 0.4) is 0 Å². The number of nitrogens with one attached hydrogen (secondary N) is 1. The summed E-state index contributed by atoms with van der Waals surface area (Å²) in [7, 11) is 1.57. The molecule has 0 saturated carbocycles. The van der Waals surface area contributed by atoms with Gasteiger partial charge in [-0.15, -0.1) is 0 Å². The summed E-state index contributed by atoms with van der Waals surface area (Å²) in [6.07, 6.45) is 3.11. The van der Waals surface area contributed by atoms with Crippen LogP contribution >= 0.6 is 0 Å². The first-order valence-electron chi connectivity index (χ1n) is 7.67. The van der Waals surface area contributed by atoms with Crippen LogP contribution in [0.1, 0.15) is 6.92 Å². The van der Waals surface area contributed by atoms with Crippen LogP contribution < -0.4 is 26.2 Å². The van der Waals surface area contributed by atoms with Crippen LogP contribution in [-0.2, 0) is 4.74 Å². The summed E-state index contributed by atoms with van der Waals surface area (Å²) < 4.78 is 25.0.